The monoisotopic (exact) mass is 1410 g/mol. The number of hydrogen-bond donors (Lipinski definition) is 5. The van der Waals surface area contributed by atoms with Gasteiger partial charge in [0.2, 0.25) is 5.91 Å². The summed E-state index contributed by atoms with van der Waals surface area (Å²) in [6.45, 7) is 0.619. The fraction of sp³-hybridized carbons (Fsp3) is 0.269. The number of hydrogen-bond acceptors (Lipinski definition) is 24. The molecule has 0 saturated carbocycles. The van der Waals surface area contributed by atoms with E-state index in [2.05, 4.69) is 4.18 Å². The van der Waals surface area contributed by atoms with E-state index >= 15 is 0 Å². The summed E-state index contributed by atoms with van der Waals surface area (Å²) in [5.41, 5.74) is 8.25. The quantitative estimate of drug-likeness (QED) is 0.0165. The third kappa shape index (κ3) is 30.4. The summed E-state index contributed by atoms with van der Waals surface area (Å²) >= 11 is 0. The van der Waals surface area contributed by atoms with Gasteiger partial charge in [0.05, 0.1) is 91.6 Å². The predicted molar refractivity (Wildman–Crippen MR) is 357 cm³/mol. The van der Waals surface area contributed by atoms with E-state index in [-0.39, 0.29) is 89.2 Å². The van der Waals surface area contributed by atoms with Gasteiger partial charge in [-0.3, -0.25) is 17.3 Å². The fourth-order valence-corrected chi connectivity index (χ4v) is 8.90. The predicted octanol–water partition coefficient (Wildman–Crippen LogP) is 9.71. The van der Waals surface area contributed by atoms with Gasteiger partial charge in [0.25, 0.3) is 30.4 Å². The van der Waals surface area contributed by atoms with Crippen LogP contribution < -0.4 is 53.3 Å². The molecule has 0 aliphatic rings. The first-order valence-corrected chi connectivity index (χ1v) is 34.3. The number of aromatic hydroxyl groups is 1. The lowest BCUT2D eigenvalue weighted by atomic mass is 10.1. The molecule has 526 valence electrons. The number of ether oxygens (including phenoxy) is 9. The summed E-state index contributed by atoms with van der Waals surface area (Å²) in [7, 11) is -4.67. The van der Waals surface area contributed by atoms with Gasteiger partial charge >= 0.3 is 0 Å². The molecule has 0 heterocycles. The molecule has 0 aliphatic heterocycles. The van der Waals surface area contributed by atoms with Gasteiger partial charge in [-0.1, -0.05) is 36.4 Å². The molecule has 1 amide bonds. The standard InChI is InChI=1S/C25H26FNO7S.C12H10FNO.C12H18O8S2.C10H14O4.C8H10O3/c1-18(28)27(23-16-20(26)9-11-25(23)34-21-7-5-4-6-8-21)17-19-15-22(31-2)10-12-24(19)32-13-14-33-35(3,29)30;13-9-6-7-12(11(14)8-9)15-10-4-2-1-3-5-10;1-17-11-4-5-12(18-6-7-19-21(2,13)14)10(8-11)9-20-22(3,15)16;1-13-9-2-3-10(14-5-4-11)8(6-9)7-12;1-11-7-2-3-8(10)6(4-7)5-9/h4-12,15-16H,13-14,17H2,1-3H3;1-8H,14H2;4-5,8H,6-7,9H2,1-3H3;2-3,6,11-12H,4-5,7H2,1H3;2-4,9-10H,5H2,1H3. The summed E-state index contributed by atoms with van der Waals surface area (Å²) in [5.74, 6) is 4.42. The van der Waals surface area contributed by atoms with Gasteiger partial charge in [-0.15, -0.1) is 0 Å². The zero-order valence-corrected chi connectivity index (χ0v) is 56.7. The van der Waals surface area contributed by atoms with E-state index in [1.807, 2.05) is 36.4 Å². The number of carbonyl (C=O) groups excluding carboxylic acids is 1. The highest BCUT2D eigenvalue weighted by Crippen LogP contribution is 2.37. The highest BCUT2D eigenvalue weighted by atomic mass is 32.2. The van der Waals surface area contributed by atoms with Crippen molar-refractivity contribution in [2.45, 2.75) is 33.3 Å². The molecule has 0 unspecified atom stereocenters. The Labute approximate surface area is 562 Å². The van der Waals surface area contributed by atoms with Gasteiger partial charge < -0.3 is 73.7 Å². The van der Waals surface area contributed by atoms with Crippen molar-refractivity contribution in [2.24, 2.45) is 0 Å². The number of para-hydroxylation sites is 2. The van der Waals surface area contributed by atoms with E-state index < -0.39 is 36.2 Å². The molecule has 0 aromatic heterocycles. The molecule has 8 aromatic rings. The van der Waals surface area contributed by atoms with Crippen molar-refractivity contribution in [1.29, 1.82) is 0 Å². The van der Waals surface area contributed by atoms with E-state index in [0.29, 0.717) is 91.2 Å². The maximum atomic E-state index is 14.2. The van der Waals surface area contributed by atoms with Crippen LogP contribution in [-0.2, 0) is 74.1 Å². The summed E-state index contributed by atoms with van der Waals surface area (Å²) in [4.78, 5) is 14.0. The van der Waals surface area contributed by atoms with Crippen LogP contribution in [-0.4, -0.2) is 138 Å². The Bertz CT molecular complexity index is 4080. The largest absolute Gasteiger partial charge is 0.508 e. The highest BCUT2D eigenvalue weighted by molar-refractivity contribution is 7.86. The molecule has 0 bridgehead atoms. The van der Waals surface area contributed by atoms with Crippen LogP contribution in [0.25, 0.3) is 0 Å². The zero-order chi connectivity index (χ0) is 71.6. The number of halogens is 2. The van der Waals surface area contributed by atoms with Gasteiger partial charge in [-0.25, -0.2) is 8.78 Å². The number of aliphatic hydroxyl groups excluding tert-OH is 3. The van der Waals surface area contributed by atoms with Crippen LogP contribution in [0.2, 0.25) is 0 Å². The Kier molecular flexibility index (Phi) is 33.6. The zero-order valence-electron chi connectivity index (χ0n) is 54.3. The second-order valence-electron chi connectivity index (χ2n) is 19.7. The number of phenols is 1. The molecular weight excluding hydrogens is 1330 g/mol. The number of nitrogen functional groups attached to an aromatic ring is 1. The molecule has 0 aliphatic carbocycles. The van der Waals surface area contributed by atoms with Crippen LogP contribution in [0, 0.1) is 11.6 Å². The second kappa shape index (κ2) is 40.8. The van der Waals surface area contributed by atoms with Crippen molar-refractivity contribution < 1.29 is 114 Å². The van der Waals surface area contributed by atoms with Crippen molar-refractivity contribution in [2.75, 3.05) is 97.5 Å². The number of benzene rings is 8. The van der Waals surface area contributed by atoms with Crippen LogP contribution >= 0.6 is 0 Å². The summed E-state index contributed by atoms with van der Waals surface area (Å²) in [6.07, 6.45) is 2.82. The summed E-state index contributed by atoms with van der Waals surface area (Å²) < 4.78 is 155. The van der Waals surface area contributed by atoms with Crippen LogP contribution in [0.15, 0.2) is 170 Å². The summed E-state index contributed by atoms with van der Waals surface area (Å²) in [6, 6.07) is 45.8. The molecule has 30 heteroatoms. The van der Waals surface area contributed by atoms with Gasteiger partial charge in [0.15, 0.2) is 11.5 Å². The molecule has 0 radical (unpaired) electrons. The van der Waals surface area contributed by atoms with Gasteiger partial charge in [0.1, 0.15) is 102 Å². The number of aliphatic hydroxyl groups is 3. The van der Waals surface area contributed by atoms with E-state index in [9.17, 15) is 38.8 Å². The van der Waals surface area contributed by atoms with Crippen molar-refractivity contribution in [3.8, 4) is 69.0 Å². The van der Waals surface area contributed by atoms with Gasteiger partial charge in [-0.2, -0.15) is 25.3 Å². The molecule has 0 saturated heterocycles. The first-order valence-electron chi connectivity index (χ1n) is 28.8. The molecule has 8 aromatic carbocycles. The lowest BCUT2D eigenvalue weighted by molar-refractivity contribution is -0.116. The Hall–Kier alpha value is -9.50. The van der Waals surface area contributed by atoms with E-state index in [4.69, 9.17) is 77.2 Å². The SMILES string of the molecule is COc1ccc(O)c(CO)c1.COc1ccc(OCCO)c(CO)c1.COc1ccc(OCCOS(C)(=O)=O)c(CN(C(C)=O)c2cc(F)ccc2Oc2ccccc2)c1.COc1ccc(OCCOS(C)(=O)=O)c(COS(C)(=O)=O)c1.Nc1cc(F)ccc1Oc1ccccc1. The lowest BCUT2D eigenvalue weighted by Crippen LogP contribution is -2.28. The first-order chi connectivity index (χ1) is 46.1. The van der Waals surface area contributed by atoms with Gasteiger partial charge in [0, 0.05) is 41.3 Å². The third-order valence-corrected chi connectivity index (χ3v) is 14.1. The van der Waals surface area contributed by atoms with Gasteiger partial charge in [-0.05, 0) is 121 Å². The number of rotatable bonds is 29. The maximum Gasteiger partial charge on any atom is 0.264 e. The maximum absolute atomic E-state index is 14.2. The second-order valence-corrected chi connectivity index (χ2v) is 24.7. The Morgan fingerprint density at radius 1 is 0.443 bits per heavy atom. The van der Waals surface area contributed by atoms with Crippen molar-refractivity contribution in [3.63, 3.8) is 0 Å². The molecule has 97 heavy (non-hydrogen) atoms. The fourth-order valence-electron chi connectivity index (χ4n) is 7.81. The van der Waals surface area contributed by atoms with E-state index in [1.54, 1.807) is 98.1 Å². The highest BCUT2D eigenvalue weighted by Gasteiger charge is 2.22. The number of amides is 1. The number of anilines is 2. The molecule has 0 fully saturated rings. The van der Waals surface area contributed by atoms with Crippen molar-refractivity contribution in [1.82, 2.24) is 0 Å². The number of carbonyl (C=O) groups is 1. The Morgan fingerprint density at radius 3 is 1.28 bits per heavy atom. The Morgan fingerprint density at radius 2 is 0.835 bits per heavy atom. The average Bonchev–Trinajstić information content (AvgIpc) is 0.817. The summed E-state index contributed by atoms with van der Waals surface area (Å²) in [5, 5.41) is 35.5. The van der Waals surface area contributed by atoms with E-state index in [1.165, 1.54) is 75.6 Å². The minimum absolute atomic E-state index is 0.00338. The smallest absolute Gasteiger partial charge is 0.264 e. The molecule has 25 nitrogen and oxygen atoms in total. The molecule has 0 atom stereocenters. The topological polar surface area (TPSA) is 340 Å². The van der Waals surface area contributed by atoms with Crippen molar-refractivity contribution in [3.05, 3.63) is 204 Å². The van der Waals surface area contributed by atoms with Crippen LogP contribution in [0.1, 0.15) is 29.2 Å². The molecule has 6 N–H and O–H groups in total. The van der Waals surface area contributed by atoms with Crippen molar-refractivity contribution >= 4 is 47.6 Å². The number of nitrogens with zero attached hydrogens (tertiary/aromatic N) is 1. The first kappa shape index (κ1) is 79.9. The Balaban J connectivity index is 0.000000276. The molecule has 8 rings (SSSR count). The minimum Gasteiger partial charge on any atom is -0.508 e. The normalized spacial score (nSPS) is 10.8. The van der Waals surface area contributed by atoms with Crippen LogP contribution in [0.5, 0.6) is 69.0 Å². The minimum atomic E-state index is -3.60. The number of methoxy groups -OCH3 is 4. The molecular formula is C67H78F2N2O23S3. The van der Waals surface area contributed by atoms with Crippen LogP contribution in [0.3, 0.4) is 0 Å². The van der Waals surface area contributed by atoms with Crippen LogP contribution in [0.4, 0.5) is 20.2 Å². The van der Waals surface area contributed by atoms with E-state index in [0.717, 1.165) is 18.8 Å². The third-order valence-electron chi connectivity index (χ3n) is 12.3. The molecule has 0 spiro atoms. The average molecular weight is 1410 g/mol. The lowest BCUT2D eigenvalue weighted by Gasteiger charge is -2.25. The number of nitrogens with two attached hydrogens (primary N) is 1.